The standard InChI is InChI=1S/C28H32N10O2/c29-9-1-2-19-3-5-20(6-4-19)27(39)37-10-7-22(8-11-37)38-26-23(18-33-38)25(36-12-14-40-15-13-36)34-24(35-26)21-16-31-28(30)32-17-21/h1,3-6,9,16-18,22H,2,7-8,10-15,29H2,(H2,30,31,32). The molecule has 3 aromatic heterocycles. The molecule has 1 aromatic carbocycles. The Kier molecular flexibility index (Phi) is 7.23. The van der Waals surface area contributed by atoms with Crippen molar-refractivity contribution in [3.8, 4) is 11.4 Å². The zero-order chi connectivity index (χ0) is 27.5. The highest BCUT2D eigenvalue weighted by Crippen LogP contribution is 2.32. The summed E-state index contributed by atoms with van der Waals surface area (Å²) in [5, 5.41) is 5.67. The number of nitrogens with zero attached hydrogens (tertiary/aromatic N) is 8. The molecule has 6 rings (SSSR count). The van der Waals surface area contributed by atoms with E-state index >= 15 is 0 Å². The number of anilines is 2. The zero-order valence-corrected chi connectivity index (χ0v) is 22.2. The first-order chi connectivity index (χ1) is 19.6. The largest absolute Gasteiger partial charge is 0.405 e. The summed E-state index contributed by atoms with van der Waals surface area (Å²) in [6.07, 6.45) is 10.9. The van der Waals surface area contributed by atoms with Crippen LogP contribution in [0.2, 0.25) is 0 Å². The van der Waals surface area contributed by atoms with Crippen molar-refractivity contribution >= 4 is 28.7 Å². The lowest BCUT2D eigenvalue weighted by Crippen LogP contribution is -2.39. The molecule has 0 bridgehead atoms. The van der Waals surface area contributed by atoms with Crippen molar-refractivity contribution < 1.29 is 9.53 Å². The number of amides is 1. The van der Waals surface area contributed by atoms with Gasteiger partial charge >= 0.3 is 0 Å². The Morgan fingerprint density at radius 1 is 1.00 bits per heavy atom. The molecule has 2 aliphatic heterocycles. The van der Waals surface area contributed by atoms with Crippen LogP contribution in [0, 0.1) is 0 Å². The monoisotopic (exact) mass is 540 g/mol. The number of carbonyl (C=O) groups excluding carboxylic acids is 1. The average molecular weight is 541 g/mol. The van der Waals surface area contributed by atoms with Crippen molar-refractivity contribution in [2.24, 2.45) is 5.73 Å². The molecule has 40 heavy (non-hydrogen) atoms. The molecular formula is C28H32N10O2. The van der Waals surface area contributed by atoms with Gasteiger partial charge in [0.15, 0.2) is 11.5 Å². The maximum atomic E-state index is 13.2. The number of nitrogens with two attached hydrogens (primary N) is 2. The van der Waals surface area contributed by atoms with Gasteiger partial charge in [-0.1, -0.05) is 18.2 Å². The first-order valence-corrected chi connectivity index (χ1v) is 13.5. The van der Waals surface area contributed by atoms with Gasteiger partial charge in [0.25, 0.3) is 5.91 Å². The molecule has 0 unspecified atom stereocenters. The number of aromatic nitrogens is 6. The minimum absolute atomic E-state index is 0.0484. The van der Waals surface area contributed by atoms with Gasteiger partial charge in [-0.2, -0.15) is 5.10 Å². The van der Waals surface area contributed by atoms with Gasteiger partial charge in [-0.05, 0) is 43.2 Å². The predicted octanol–water partition coefficient (Wildman–Crippen LogP) is 2.19. The van der Waals surface area contributed by atoms with Gasteiger partial charge in [-0.3, -0.25) is 4.79 Å². The molecule has 2 saturated heterocycles. The van der Waals surface area contributed by atoms with Crippen LogP contribution in [-0.4, -0.2) is 79.9 Å². The lowest BCUT2D eigenvalue weighted by atomic mass is 10.0. The number of nitrogen functional groups attached to an aromatic ring is 1. The lowest BCUT2D eigenvalue weighted by Gasteiger charge is -2.32. The highest BCUT2D eigenvalue weighted by atomic mass is 16.5. The topological polar surface area (TPSA) is 154 Å². The highest BCUT2D eigenvalue weighted by Gasteiger charge is 2.28. The first-order valence-electron chi connectivity index (χ1n) is 13.5. The van der Waals surface area contributed by atoms with E-state index in [1.165, 1.54) is 6.20 Å². The van der Waals surface area contributed by atoms with E-state index in [1.807, 2.05) is 46.1 Å². The molecule has 4 N–H and O–H groups in total. The minimum Gasteiger partial charge on any atom is -0.405 e. The van der Waals surface area contributed by atoms with Crippen molar-refractivity contribution in [3.05, 3.63) is 66.3 Å². The Bertz CT molecular complexity index is 1500. The Morgan fingerprint density at radius 2 is 1.73 bits per heavy atom. The number of likely N-dealkylation sites (tertiary alicyclic amines) is 1. The van der Waals surface area contributed by atoms with E-state index in [0.29, 0.717) is 43.3 Å². The number of ether oxygens (including phenoxy) is 1. The Morgan fingerprint density at radius 3 is 2.42 bits per heavy atom. The van der Waals surface area contributed by atoms with E-state index in [2.05, 4.69) is 14.9 Å². The number of hydrogen-bond donors (Lipinski definition) is 2. The number of hydrogen-bond acceptors (Lipinski definition) is 10. The summed E-state index contributed by atoms with van der Waals surface area (Å²) in [5.74, 6) is 1.59. The van der Waals surface area contributed by atoms with Crippen LogP contribution in [0.25, 0.3) is 22.4 Å². The maximum absolute atomic E-state index is 13.2. The van der Waals surface area contributed by atoms with Crippen LogP contribution in [0.15, 0.2) is 55.1 Å². The summed E-state index contributed by atoms with van der Waals surface area (Å²) in [6.45, 7) is 4.03. The molecule has 2 fully saturated rings. The van der Waals surface area contributed by atoms with Crippen molar-refractivity contribution in [1.82, 2.24) is 34.6 Å². The summed E-state index contributed by atoms with van der Waals surface area (Å²) in [6, 6.07) is 7.84. The number of benzene rings is 1. The molecule has 0 aliphatic carbocycles. The Balaban J connectivity index is 1.24. The van der Waals surface area contributed by atoms with E-state index in [9.17, 15) is 4.79 Å². The fourth-order valence-electron chi connectivity index (χ4n) is 5.26. The molecule has 5 heterocycles. The Labute approximate surface area is 231 Å². The number of fused-ring (bicyclic) bond motifs is 1. The molecular weight excluding hydrogens is 508 g/mol. The van der Waals surface area contributed by atoms with Gasteiger partial charge in [0.2, 0.25) is 5.95 Å². The second-order valence-corrected chi connectivity index (χ2v) is 9.98. The third-order valence-electron chi connectivity index (χ3n) is 7.46. The Hall–Kier alpha value is -4.58. The number of piperidine rings is 1. The van der Waals surface area contributed by atoms with Crippen LogP contribution in [0.1, 0.15) is 34.8 Å². The third-order valence-corrected chi connectivity index (χ3v) is 7.46. The van der Waals surface area contributed by atoms with E-state index < -0.39 is 0 Å². The van der Waals surface area contributed by atoms with Gasteiger partial charge in [-0.25, -0.2) is 24.6 Å². The summed E-state index contributed by atoms with van der Waals surface area (Å²) < 4.78 is 7.56. The minimum atomic E-state index is 0.0484. The summed E-state index contributed by atoms with van der Waals surface area (Å²) >= 11 is 0. The molecule has 0 spiro atoms. The molecule has 12 heteroatoms. The molecule has 12 nitrogen and oxygen atoms in total. The van der Waals surface area contributed by atoms with E-state index in [1.54, 1.807) is 12.4 Å². The van der Waals surface area contributed by atoms with Gasteiger partial charge in [-0.15, -0.1) is 0 Å². The SMILES string of the molecule is NC=CCc1ccc(C(=O)N2CCC(n3ncc4c(N5CCOCC5)nc(-c5cnc(N)nc5)nc43)CC2)cc1. The van der Waals surface area contributed by atoms with E-state index in [-0.39, 0.29) is 17.9 Å². The average Bonchev–Trinajstić information content (AvgIpc) is 3.44. The van der Waals surface area contributed by atoms with Gasteiger partial charge in [0.05, 0.1) is 36.4 Å². The second-order valence-electron chi connectivity index (χ2n) is 9.98. The quantitative estimate of drug-likeness (QED) is 0.372. The maximum Gasteiger partial charge on any atom is 0.253 e. The van der Waals surface area contributed by atoms with Crippen LogP contribution in [0.3, 0.4) is 0 Å². The lowest BCUT2D eigenvalue weighted by molar-refractivity contribution is 0.0691. The van der Waals surface area contributed by atoms with Crippen LogP contribution in [0.5, 0.6) is 0 Å². The third kappa shape index (κ3) is 5.17. The summed E-state index contributed by atoms with van der Waals surface area (Å²) in [7, 11) is 0. The van der Waals surface area contributed by atoms with E-state index in [4.69, 9.17) is 31.3 Å². The van der Waals surface area contributed by atoms with Crippen LogP contribution in [-0.2, 0) is 11.2 Å². The van der Waals surface area contributed by atoms with Crippen molar-refractivity contribution in [1.29, 1.82) is 0 Å². The molecule has 0 radical (unpaired) electrons. The zero-order valence-electron chi connectivity index (χ0n) is 22.2. The smallest absolute Gasteiger partial charge is 0.253 e. The fourth-order valence-corrected chi connectivity index (χ4v) is 5.26. The van der Waals surface area contributed by atoms with Crippen molar-refractivity contribution in [3.63, 3.8) is 0 Å². The van der Waals surface area contributed by atoms with Crippen LogP contribution in [0.4, 0.5) is 11.8 Å². The molecule has 2 aliphatic rings. The van der Waals surface area contributed by atoms with Crippen LogP contribution >= 0.6 is 0 Å². The summed E-state index contributed by atoms with van der Waals surface area (Å²) in [5.41, 5.74) is 14.4. The number of carbonyl (C=O) groups is 1. The second kappa shape index (κ2) is 11.3. The molecule has 4 aromatic rings. The molecule has 0 saturated carbocycles. The number of allylic oxidation sites excluding steroid dienone is 1. The number of morpholine rings is 1. The fraction of sp³-hybridized carbons (Fsp3) is 0.357. The van der Waals surface area contributed by atoms with Crippen LogP contribution < -0.4 is 16.4 Å². The normalized spacial score (nSPS) is 16.7. The van der Waals surface area contributed by atoms with Gasteiger partial charge in [0.1, 0.15) is 5.82 Å². The highest BCUT2D eigenvalue weighted by molar-refractivity contribution is 5.94. The number of rotatable bonds is 6. The van der Waals surface area contributed by atoms with Crippen molar-refractivity contribution in [2.45, 2.75) is 25.3 Å². The first kappa shape index (κ1) is 25.7. The summed E-state index contributed by atoms with van der Waals surface area (Å²) in [4.78, 5) is 35.4. The van der Waals surface area contributed by atoms with Gasteiger partial charge in [0, 0.05) is 44.1 Å². The van der Waals surface area contributed by atoms with E-state index in [0.717, 1.165) is 54.8 Å². The molecule has 0 atom stereocenters. The van der Waals surface area contributed by atoms with Gasteiger partial charge < -0.3 is 26.0 Å². The molecule has 1 amide bonds. The molecule has 206 valence electrons. The van der Waals surface area contributed by atoms with Crippen molar-refractivity contribution in [2.75, 3.05) is 50.0 Å². The predicted molar refractivity (Wildman–Crippen MR) is 151 cm³/mol.